The SMILES string of the molecule is CC(=O)C1(C(=O)c2ccccc2)CSCSC1. The Hall–Kier alpha value is -0.740. The van der Waals surface area contributed by atoms with E-state index >= 15 is 0 Å². The second-order valence-electron chi connectivity index (χ2n) is 4.15. The first kappa shape index (κ1) is 12.7. The molecule has 0 bridgehead atoms. The molecule has 4 heteroatoms. The fraction of sp³-hybridized carbons (Fsp3) is 0.385. The summed E-state index contributed by atoms with van der Waals surface area (Å²) >= 11 is 3.35. The minimum atomic E-state index is -0.811. The van der Waals surface area contributed by atoms with Gasteiger partial charge in [-0.25, -0.2) is 0 Å². The summed E-state index contributed by atoms with van der Waals surface area (Å²) in [5.41, 5.74) is -0.166. The van der Waals surface area contributed by atoms with E-state index in [0.717, 1.165) is 5.08 Å². The molecule has 0 unspecified atom stereocenters. The van der Waals surface area contributed by atoms with Gasteiger partial charge < -0.3 is 0 Å². The van der Waals surface area contributed by atoms with Gasteiger partial charge in [0.15, 0.2) is 5.78 Å². The molecule has 17 heavy (non-hydrogen) atoms. The summed E-state index contributed by atoms with van der Waals surface area (Å²) in [6.45, 7) is 1.54. The maximum Gasteiger partial charge on any atom is 0.178 e. The predicted octanol–water partition coefficient (Wildman–Crippen LogP) is 2.88. The summed E-state index contributed by atoms with van der Waals surface area (Å²) in [5, 5.41) is 0.969. The van der Waals surface area contributed by atoms with E-state index in [-0.39, 0.29) is 11.6 Å². The minimum absolute atomic E-state index is 0.00828. The van der Waals surface area contributed by atoms with E-state index in [1.165, 1.54) is 6.92 Å². The van der Waals surface area contributed by atoms with Crippen molar-refractivity contribution < 1.29 is 9.59 Å². The summed E-state index contributed by atoms with van der Waals surface area (Å²) in [6.07, 6.45) is 0. The van der Waals surface area contributed by atoms with Crippen molar-refractivity contribution in [3.63, 3.8) is 0 Å². The van der Waals surface area contributed by atoms with Crippen molar-refractivity contribution >= 4 is 35.1 Å². The number of benzene rings is 1. The van der Waals surface area contributed by atoms with Crippen LogP contribution in [0.25, 0.3) is 0 Å². The van der Waals surface area contributed by atoms with E-state index in [0.29, 0.717) is 17.1 Å². The zero-order valence-corrected chi connectivity index (χ0v) is 11.3. The van der Waals surface area contributed by atoms with Crippen LogP contribution in [0.4, 0.5) is 0 Å². The molecular weight excluding hydrogens is 252 g/mol. The number of carbonyl (C=O) groups excluding carboxylic acids is 2. The maximum absolute atomic E-state index is 12.5. The molecule has 1 aliphatic heterocycles. The molecule has 1 aromatic rings. The van der Waals surface area contributed by atoms with Crippen molar-refractivity contribution in [3.05, 3.63) is 35.9 Å². The highest BCUT2D eigenvalue weighted by atomic mass is 32.2. The largest absolute Gasteiger partial charge is 0.299 e. The van der Waals surface area contributed by atoms with Gasteiger partial charge in [-0.3, -0.25) is 9.59 Å². The first-order chi connectivity index (χ1) is 8.17. The lowest BCUT2D eigenvalue weighted by Crippen LogP contribution is -2.44. The highest BCUT2D eigenvalue weighted by Crippen LogP contribution is 2.38. The van der Waals surface area contributed by atoms with E-state index in [4.69, 9.17) is 0 Å². The Bertz CT molecular complexity index is 422. The summed E-state index contributed by atoms with van der Waals surface area (Å²) in [6, 6.07) is 9.13. The Kier molecular flexibility index (Phi) is 3.94. The summed E-state index contributed by atoms with van der Waals surface area (Å²) in [5.74, 6) is 1.20. The third kappa shape index (κ3) is 2.43. The lowest BCUT2D eigenvalue weighted by atomic mass is 9.80. The Balaban J connectivity index is 2.34. The average Bonchev–Trinajstić information content (AvgIpc) is 2.39. The lowest BCUT2D eigenvalue weighted by molar-refractivity contribution is -0.122. The van der Waals surface area contributed by atoms with Crippen LogP contribution in [-0.4, -0.2) is 28.2 Å². The van der Waals surface area contributed by atoms with Gasteiger partial charge in [0.2, 0.25) is 0 Å². The Morgan fingerprint density at radius 1 is 1.12 bits per heavy atom. The van der Waals surface area contributed by atoms with Crippen LogP contribution in [0.3, 0.4) is 0 Å². The zero-order chi connectivity index (χ0) is 12.3. The Morgan fingerprint density at radius 3 is 2.24 bits per heavy atom. The first-order valence-electron chi connectivity index (χ1n) is 5.43. The molecule has 0 amide bonds. The van der Waals surface area contributed by atoms with Gasteiger partial charge in [-0.05, 0) is 6.92 Å². The molecule has 1 aliphatic rings. The normalized spacial score (nSPS) is 18.6. The molecule has 90 valence electrons. The molecule has 0 radical (unpaired) electrons. The lowest BCUT2D eigenvalue weighted by Gasteiger charge is -2.32. The second kappa shape index (κ2) is 5.27. The molecule has 1 aromatic carbocycles. The topological polar surface area (TPSA) is 34.1 Å². The Morgan fingerprint density at radius 2 is 1.71 bits per heavy atom. The second-order valence-corrected chi connectivity index (χ2v) is 6.48. The molecule has 1 saturated heterocycles. The number of rotatable bonds is 3. The Labute approximate surface area is 110 Å². The van der Waals surface area contributed by atoms with Crippen LogP contribution in [-0.2, 0) is 4.79 Å². The van der Waals surface area contributed by atoms with Crippen LogP contribution in [0, 0.1) is 5.41 Å². The standard InChI is InChI=1S/C13H14O2S2/c1-10(14)13(7-16-9-17-8-13)12(15)11-5-3-2-4-6-11/h2-6H,7-9H2,1H3. The fourth-order valence-electron chi connectivity index (χ4n) is 1.89. The van der Waals surface area contributed by atoms with Crippen molar-refractivity contribution in [1.82, 2.24) is 0 Å². The molecule has 0 saturated carbocycles. The molecule has 1 fully saturated rings. The number of carbonyl (C=O) groups is 2. The summed E-state index contributed by atoms with van der Waals surface area (Å²) < 4.78 is 0. The van der Waals surface area contributed by atoms with E-state index in [1.54, 1.807) is 35.7 Å². The molecule has 1 heterocycles. The number of ketones is 2. The molecule has 0 N–H and O–H groups in total. The van der Waals surface area contributed by atoms with Gasteiger partial charge in [-0.1, -0.05) is 30.3 Å². The highest BCUT2D eigenvalue weighted by Gasteiger charge is 2.44. The van der Waals surface area contributed by atoms with Crippen molar-refractivity contribution in [2.75, 3.05) is 16.6 Å². The van der Waals surface area contributed by atoms with Crippen LogP contribution in [0.15, 0.2) is 30.3 Å². The molecule has 0 spiro atoms. The fourth-order valence-corrected chi connectivity index (χ4v) is 4.73. The van der Waals surface area contributed by atoms with E-state index in [1.807, 2.05) is 18.2 Å². The highest BCUT2D eigenvalue weighted by molar-refractivity contribution is 8.16. The maximum atomic E-state index is 12.5. The smallest absolute Gasteiger partial charge is 0.178 e. The van der Waals surface area contributed by atoms with E-state index in [9.17, 15) is 9.59 Å². The van der Waals surface area contributed by atoms with Crippen LogP contribution in [0.5, 0.6) is 0 Å². The van der Waals surface area contributed by atoms with Gasteiger partial charge >= 0.3 is 0 Å². The molecule has 0 aromatic heterocycles. The average molecular weight is 266 g/mol. The van der Waals surface area contributed by atoms with E-state index in [2.05, 4.69) is 0 Å². The monoisotopic (exact) mass is 266 g/mol. The predicted molar refractivity (Wildman–Crippen MR) is 73.7 cm³/mol. The number of Topliss-reactive ketones (excluding diaryl/α,β-unsaturated/α-hetero) is 2. The van der Waals surface area contributed by atoms with Crippen molar-refractivity contribution in [2.24, 2.45) is 5.41 Å². The minimum Gasteiger partial charge on any atom is -0.299 e. The molecule has 0 atom stereocenters. The zero-order valence-electron chi connectivity index (χ0n) is 9.64. The third-order valence-corrected chi connectivity index (χ3v) is 5.74. The molecular formula is C13H14O2S2. The van der Waals surface area contributed by atoms with Gasteiger partial charge in [0.25, 0.3) is 0 Å². The van der Waals surface area contributed by atoms with Crippen LogP contribution < -0.4 is 0 Å². The van der Waals surface area contributed by atoms with Gasteiger partial charge in [0, 0.05) is 22.2 Å². The third-order valence-electron chi connectivity index (χ3n) is 3.01. The molecule has 2 nitrogen and oxygen atoms in total. The number of hydrogen-bond donors (Lipinski definition) is 0. The first-order valence-corrected chi connectivity index (χ1v) is 7.74. The number of thioether (sulfide) groups is 2. The quantitative estimate of drug-likeness (QED) is 0.622. The van der Waals surface area contributed by atoms with E-state index < -0.39 is 5.41 Å². The summed E-state index contributed by atoms with van der Waals surface area (Å²) in [4.78, 5) is 24.4. The van der Waals surface area contributed by atoms with Gasteiger partial charge in [0.1, 0.15) is 11.2 Å². The van der Waals surface area contributed by atoms with Gasteiger partial charge in [-0.2, -0.15) is 0 Å². The van der Waals surface area contributed by atoms with Crippen molar-refractivity contribution in [1.29, 1.82) is 0 Å². The number of hydrogen-bond acceptors (Lipinski definition) is 4. The van der Waals surface area contributed by atoms with Crippen LogP contribution in [0.2, 0.25) is 0 Å². The van der Waals surface area contributed by atoms with Crippen molar-refractivity contribution in [2.45, 2.75) is 6.92 Å². The summed E-state index contributed by atoms with van der Waals surface area (Å²) in [7, 11) is 0. The van der Waals surface area contributed by atoms with Crippen molar-refractivity contribution in [3.8, 4) is 0 Å². The van der Waals surface area contributed by atoms with Crippen LogP contribution in [0.1, 0.15) is 17.3 Å². The molecule has 2 rings (SSSR count). The van der Waals surface area contributed by atoms with Gasteiger partial charge in [0.05, 0.1) is 0 Å². The van der Waals surface area contributed by atoms with Crippen LogP contribution >= 0.6 is 23.5 Å². The molecule has 0 aliphatic carbocycles. The van der Waals surface area contributed by atoms with Gasteiger partial charge in [-0.15, -0.1) is 23.5 Å².